The molecule has 0 radical (unpaired) electrons. The molecule has 0 heterocycles. The zero-order valence-electron chi connectivity index (χ0n) is 11.0. The van der Waals surface area contributed by atoms with E-state index in [1.165, 1.54) is 25.7 Å². The third kappa shape index (κ3) is 3.32. The number of aryl methyl sites for hydroxylation is 1. The van der Waals surface area contributed by atoms with Gasteiger partial charge in [-0.15, -0.1) is 0 Å². The third-order valence-electron chi connectivity index (χ3n) is 4.04. The molecule has 1 nitrogen and oxygen atoms in total. The predicted molar refractivity (Wildman–Crippen MR) is 74.2 cm³/mol. The topological polar surface area (TPSA) is 26.0 Å². The summed E-state index contributed by atoms with van der Waals surface area (Å²) in [5.41, 5.74) is 9.25. The minimum atomic E-state index is 0.384. The van der Waals surface area contributed by atoms with Gasteiger partial charge in [-0.05, 0) is 49.1 Å². The molecular formula is C16H25N. The van der Waals surface area contributed by atoms with Crippen LogP contribution in [0.2, 0.25) is 0 Å². The molecule has 2 N–H and O–H groups in total. The Hall–Kier alpha value is -0.820. The molecule has 1 saturated carbocycles. The fourth-order valence-electron chi connectivity index (χ4n) is 2.74. The first-order valence-corrected chi connectivity index (χ1v) is 7.14. The van der Waals surface area contributed by atoms with Crippen LogP contribution in [0.3, 0.4) is 0 Å². The Morgan fingerprint density at radius 3 is 2.65 bits per heavy atom. The molecule has 1 aromatic carbocycles. The number of hydrogen-bond acceptors (Lipinski definition) is 1. The van der Waals surface area contributed by atoms with Gasteiger partial charge in [-0.2, -0.15) is 0 Å². The maximum atomic E-state index is 6.10. The molecule has 0 bridgehead atoms. The number of rotatable bonds is 6. The lowest BCUT2D eigenvalue weighted by Crippen LogP contribution is -2.20. The Morgan fingerprint density at radius 1 is 1.24 bits per heavy atom. The van der Waals surface area contributed by atoms with E-state index in [2.05, 4.69) is 31.2 Å². The van der Waals surface area contributed by atoms with Crippen LogP contribution < -0.4 is 5.73 Å². The van der Waals surface area contributed by atoms with Gasteiger partial charge in [0.25, 0.3) is 0 Å². The summed E-state index contributed by atoms with van der Waals surface area (Å²) >= 11 is 0. The van der Waals surface area contributed by atoms with Crippen LogP contribution in [0, 0.1) is 0 Å². The van der Waals surface area contributed by atoms with Crippen LogP contribution in [-0.2, 0) is 6.42 Å². The second-order valence-corrected chi connectivity index (χ2v) is 5.41. The van der Waals surface area contributed by atoms with E-state index in [1.54, 1.807) is 11.1 Å². The molecule has 1 heteroatoms. The molecular weight excluding hydrogens is 206 g/mol. The van der Waals surface area contributed by atoms with E-state index in [0.29, 0.717) is 6.04 Å². The molecule has 2 rings (SSSR count). The van der Waals surface area contributed by atoms with Gasteiger partial charge < -0.3 is 5.73 Å². The normalized spacial score (nSPS) is 17.8. The van der Waals surface area contributed by atoms with Crippen molar-refractivity contribution in [2.75, 3.05) is 0 Å². The van der Waals surface area contributed by atoms with E-state index in [-0.39, 0.29) is 0 Å². The van der Waals surface area contributed by atoms with Crippen molar-refractivity contribution in [3.8, 4) is 0 Å². The van der Waals surface area contributed by atoms with E-state index in [4.69, 9.17) is 5.73 Å². The summed E-state index contributed by atoms with van der Waals surface area (Å²) in [5, 5.41) is 0. The number of benzene rings is 1. The highest BCUT2D eigenvalue weighted by atomic mass is 14.6. The largest absolute Gasteiger partial charge is 0.328 e. The average molecular weight is 231 g/mol. The fourth-order valence-corrected chi connectivity index (χ4v) is 2.74. The molecule has 1 fully saturated rings. The van der Waals surface area contributed by atoms with Crippen molar-refractivity contribution in [1.29, 1.82) is 0 Å². The molecule has 1 unspecified atom stereocenters. The van der Waals surface area contributed by atoms with E-state index < -0.39 is 0 Å². The highest BCUT2D eigenvalue weighted by Gasteiger charge is 2.21. The molecule has 1 aliphatic carbocycles. The van der Waals surface area contributed by atoms with E-state index in [1.807, 2.05) is 0 Å². The summed E-state index contributed by atoms with van der Waals surface area (Å²) in [5.74, 6) is 0.841. The van der Waals surface area contributed by atoms with Gasteiger partial charge in [0.2, 0.25) is 0 Å². The summed E-state index contributed by atoms with van der Waals surface area (Å²) < 4.78 is 0. The first kappa shape index (κ1) is 12.6. The third-order valence-corrected chi connectivity index (χ3v) is 4.04. The monoisotopic (exact) mass is 231 g/mol. The summed E-state index contributed by atoms with van der Waals surface area (Å²) in [6.07, 6.45) is 8.84. The summed E-state index contributed by atoms with van der Waals surface area (Å²) in [7, 11) is 0. The van der Waals surface area contributed by atoms with Crippen LogP contribution in [0.4, 0.5) is 0 Å². The lowest BCUT2D eigenvalue weighted by atomic mass is 9.77. The van der Waals surface area contributed by atoms with Gasteiger partial charge >= 0.3 is 0 Å². The van der Waals surface area contributed by atoms with Crippen LogP contribution >= 0.6 is 0 Å². The predicted octanol–water partition coefficient (Wildman–Crippen LogP) is 4.01. The summed E-state index contributed by atoms with van der Waals surface area (Å²) in [6.45, 7) is 2.21. The maximum absolute atomic E-state index is 6.10. The standard InChI is InChI=1S/C16H25N/c1-2-6-15(17)12-11-14-7-3-4-10-16(14)13-8-5-9-13/h3-4,7,10,13,15H,2,5-6,8-9,11-12,17H2,1H3. The van der Waals surface area contributed by atoms with Crippen molar-refractivity contribution in [1.82, 2.24) is 0 Å². The van der Waals surface area contributed by atoms with Gasteiger partial charge in [0, 0.05) is 6.04 Å². The maximum Gasteiger partial charge on any atom is 0.00418 e. The molecule has 17 heavy (non-hydrogen) atoms. The smallest absolute Gasteiger partial charge is 0.00418 e. The van der Waals surface area contributed by atoms with Gasteiger partial charge in [-0.1, -0.05) is 44.0 Å². The Labute approximate surface area is 105 Å². The van der Waals surface area contributed by atoms with E-state index in [0.717, 1.165) is 25.2 Å². The van der Waals surface area contributed by atoms with Gasteiger partial charge in [0.1, 0.15) is 0 Å². The number of hydrogen-bond donors (Lipinski definition) is 1. The van der Waals surface area contributed by atoms with Crippen molar-refractivity contribution in [2.24, 2.45) is 5.73 Å². The number of nitrogens with two attached hydrogens (primary N) is 1. The zero-order valence-corrected chi connectivity index (χ0v) is 11.0. The van der Waals surface area contributed by atoms with Crippen molar-refractivity contribution in [3.63, 3.8) is 0 Å². The van der Waals surface area contributed by atoms with Gasteiger partial charge in [0.05, 0.1) is 0 Å². The van der Waals surface area contributed by atoms with Crippen molar-refractivity contribution in [3.05, 3.63) is 35.4 Å². The highest BCUT2D eigenvalue weighted by Crippen LogP contribution is 2.38. The summed E-state index contributed by atoms with van der Waals surface area (Å²) in [6, 6.07) is 9.36. The minimum absolute atomic E-state index is 0.384. The van der Waals surface area contributed by atoms with Gasteiger partial charge in [-0.3, -0.25) is 0 Å². The Bertz CT molecular complexity index is 341. The molecule has 1 aromatic rings. The second-order valence-electron chi connectivity index (χ2n) is 5.41. The molecule has 0 aromatic heterocycles. The molecule has 0 spiro atoms. The van der Waals surface area contributed by atoms with Crippen LogP contribution in [0.1, 0.15) is 62.5 Å². The first-order chi connectivity index (χ1) is 8.31. The lowest BCUT2D eigenvalue weighted by Gasteiger charge is -2.28. The van der Waals surface area contributed by atoms with Crippen LogP contribution in [0.25, 0.3) is 0 Å². The molecule has 1 aliphatic rings. The van der Waals surface area contributed by atoms with Crippen molar-refractivity contribution < 1.29 is 0 Å². The lowest BCUT2D eigenvalue weighted by molar-refractivity contribution is 0.416. The molecule has 0 saturated heterocycles. The molecule has 0 amide bonds. The van der Waals surface area contributed by atoms with Crippen LogP contribution in [0.5, 0.6) is 0 Å². The quantitative estimate of drug-likeness (QED) is 0.786. The molecule has 0 aliphatic heterocycles. The average Bonchev–Trinajstić information content (AvgIpc) is 2.26. The Balaban J connectivity index is 1.95. The molecule has 1 atom stereocenters. The first-order valence-electron chi connectivity index (χ1n) is 7.14. The Morgan fingerprint density at radius 2 is 2.00 bits per heavy atom. The molecule has 94 valence electrons. The van der Waals surface area contributed by atoms with Gasteiger partial charge in [0.15, 0.2) is 0 Å². The second kappa shape index (κ2) is 6.20. The van der Waals surface area contributed by atoms with Crippen LogP contribution in [-0.4, -0.2) is 6.04 Å². The summed E-state index contributed by atoms with van der Waals surface area (Å²) in [4.78, 5) is 0. The minimum Gasteiger partial charge on any atom is -0.328 e. The highest BCUT2D eigenvalue weighted by molar-refractivity contribution is 5.31. The zero-order chi connectivity index (χ0) is 12.1. The fraction of sp³-hybridized carbons (Fsp3) is 0.625. The van der Waals surface area contributed by atoms with Crippen LogP contribution in [0.15, 0.2) is 24.3 Å². The van der Waals surface area contributed by atoms with E-state index in [9.17, 15) is 0 Å². The van der Waals surface area contributed by atoms with E-state index >= 15 is 0 Å². The Kier molecular flexibility index (Phi) is 4.61. The van der Waals surface area contributed by atoms with Crippen molar-refractivity contribution in [2.45, 2.75) is 63.8 Å². The SMILES string of the molecule is CCCC(N)CCc1ccccc1C1CCC1. The van der Waals surface area contributed by atoms with Gasteiger partial charge in [-0.25, -0.2) is 0 Å². The van der Waals surface area contributed by atoms with Crippen molar-refractivity contribution >= 4 is 0 Å².